The molecule has 0 unspecified atom stereocenters. The van der Waals surface area contributed by atoms with Crippen LogP contribution in [0.5, 0.6) is 0 Å². The molecule has 3 aromatic heterocycles. The van der Waals surface area contributed by atoms with Crippen LogP contribution in [0.1, 0.15) is 90.9 Å². The van der Waals surface area contributed by atoms with Gasteiger partial charge in [-0.3, -0.25) is 0 Å². The van der Waals surface area contributed by atoms with Gasteiger partial charge in [0.1, 0.15) is 9.79 Å². The second kappa shape index (κ2) is 19.0. The molecule has 3 heterocycles. The third kappa shape index (κ3) is 9.49. The van der Waals surface area contributed by atoms with Crippen molar-refractivity contribution in [3.63, 3.8) is 0 Å². The summed E-state index contributed by atoms with van der Waals surface area (Å²) in [5, 5.41) is 4.51. The average Bonchev–Trinajstić information content (AvgIpc) is 4.00. The average molecular weight is 853 g/mol. The summed E-state index contributed by atoms with van der Waals surface area (Å²) < 4.78 is 59.4. The van der Waals surface area contributed by atoms with E-state index in [1.807, 2.05) is 48.5 Å². The molecule has 0 radical (unpaired) electrons. The lowest BCUT2D eigenvalue weighted by atomic mass is 10.0. The Morgan fingerprint density at radius 1 is 0.386 bits per heavy atom. The Bertz CT molecular complexity index is 2470. The predicted octanol–water partition coefficient (Wildman–Crippen LogP) is 15.1. The van der Waals surface area contributed by atoms with E-state index in [0.717, 1.165) is 116 Å². The number of hydrogen-bond donors (Lipinski definition) is 0. The highest BCUT2D eigenvalue weighted by molar-refractivity contribution is 7.95. The number of thiophene rings is 3. The Morgan fingerprint density at radius 2 is 0.754 bits per heavy atom. The van der Waals surface area contributed by atoms with Gasteiger partial charge in [0.15, 0.2) is 19.7 Å². The van der Waals surface area contributed by atoms with Crippen molar-refractivity contribution in [3.8, 4) is 40.4 Å². The first kappa shape index (κ1) is 41.6. The second-order valence-electron chi connectivity index (χ2n) is 15.0. The fraction of sp³-hybridized carbons (Fsp3) is 0.333. The monoisotopic (exact) mass is 852 g/mol. The Balaban J connectivity index is 1.38. The van der Waals surface area contributed by atoms with Gasteiger partial charge >= 0.3 is 0 Å². The molecule has 4 nitrogen and oxygen atoms in total. The van der Waals surface area contributed by atoms with Gasteiger partial charge in [-0.15, -0.1) is 34.0 Å². The van der Waals surface area contributed by atoms with E-state index in [2.05, 4.69) is 74.5 Å². The molecular formula is C48H52O4S5. The second-order valence-corrected chi connectivity index (χ2v) is 22.3. The van der Waals surface area contributed by atoms with Gasteiger partial charge in [-0.2, -0.15) is 0 Å². The zero-order valence-corrected chi connectivity index (χ0v) is 37.0. The number of rotatable bonds is 20. The van der Waals surface area contributed by atoms with E-state index >= 15 is 0 Å². The van der Waals surface area contributed by atoms with Gasteiger partial charge in [-0.05, 0) is 69.8 Å². The minimum absolute atomic E-state index is 0.00784. The number of hydrogen-bond acceptors (Lipinski definition) is 7. The summed E-state index contributed by atoms with van der Waals surface area (Å²) in [6.07, 6.45) is 11.2. The molecule has 0 saturated carbocycles. The van der Waals surface area contributed by atoms with E-state index in [4.69, 9.17) is 0 Å². The molecule has 0 aliphatic rings. The van der Waals surface area contributed by atoms with Crippen molar-refractivity contribution in [2.24, 2.45) is 0 Å². The third-order valence-corrected chi connectivity index (χ3v) is 18.6. The molecule has 4 aromatic carbocycles. The number of benzene rings is 4. The summed E-state index contributed by atoms with van der Waals surface area (Å²) in [6, 6.07) is 37.1. The lowest BCUT2D eigenvalue weighted by Gasteiger charge is -2.11. The van der Waals surface area contributed by atoms with Crippen LogP contribution >= 0.6 is 34.0 Å². The van der Waals surface area contributed by atoms with Crippen LogP contribution in [0.4, 0.5) is 0 Å². The first-order valence-corrected chi connectivity index (χ1v) is 26.3. The first-order valence-electron chi connectivity index (χ1n) is 20.5. The van der Waals surface area contributed by atoms with Crippen molar-refractivity contribution in [2.45, 2.75) is 101 Å². The third-order valence-electron chi connectivity index (χ3n) is 10.7. The molecular weight excluding hydrogens is 801 g/mol. The number of sulfone groups is 2. The molecule has 0 amide bonds. The van der Waals surface area contributed by atoms with E-state index in [0.29, 0.717) is 22.6 Å². The molecule has 7 aromatic rings. The molecule has 0 atom stereocenters. The van der Waals surface area contributed by atoms with Crippen LogP contribution in [0.3, 0.4) is 0 Å². The van der Waals surface area contributed by atoms with Crippen molar-refractivity contribution in [1.29, 1.82) is 0 Å². The molecule has 0 spiro atoms. The van der Waals surface area contributed by atoms with E-state index in [1.165, 1.54) is 34.0 Å². The van der Waals surface area contributed by atoms with Crippen molar-refractivity contribution < 1.29 is 16.8 Å². The van der Waals surface area contributed by atoms with Crippen molar-refractivity contribution in [1.82, 2.24) is 0 Å². The molecule has 0 aliphatic heterocycles. The summed E-state index contributed by atoms with van der Waals surface area (Å²) in [7, 11) is -7.99. The van der Waals surface area contributed by atoms with Gasteiger partial charge in [0.2, 0.25) is 0 Å². The minimum atomic E-state index is -4.00. The highest BCUT2D eigenvalue weighted by Crippen LogP contribution is 2.52. The van der Waals surface area contributed by atoms with Gasteiger partial charge in [-0.1, -0.05) is 163 Å². The van der Waals surface area contributed by atoms with Gasteiger partial charge in [0.25, 0.3) is 0 Å². The van der Waals surface area contributed by atoms with E-state index in [9.17, 15) is 16.8 Å². The molecule has 0 bridgehead atoms. The molecule has 0 aliphatic carbocycles. The standard InChI is InChI=1S/C48H52O4S5/c1-3-5-7-9-11-17-33-56(49,50)47-45(43-31-29-41(53-43)39-27-19-23-35-21-13-15-25-37(35)39)55-46(48(47)57(51,52)34-18-12-10-8-6-4-2)44-32-30-42(54-44)40-28-20-24-36-22-14-16-26-38(36)40/h13-16,19-32H,3-12,17-18,33-34H2,1-2H3. The van der Waals surface area contributed by atoms with Crippen molar-refractivity contribution in [3.05, 3.63) is 109 Å². The maximum atomic E-state index is 14.9. The van der Waals surface area contributed by atoms with Crippen LogP contribution in [0, 0.1) is 0 Å². The Labute approximate surface area is 351 Å². The summed E-state index contributed by atoms with van der Waals surface area (Å²) in [6.45, 7) is 4.34. The summed E-state index contributed by atoms with van der Waals surface area (Å²) in [4.78, 5) is 4.67. The Hall–Kier alpha value is -3.60. The maximum Gasteiger partial charge on any atom is 0.181 e. The summed E-state index contributed by atoms with van der Waals surface area (Å²) in [5.41, 5.74) is 2.15. The van der Waals surface area contributed by atoms with Gasteiger partial charge < -0.3 is 0 Å². The smallest absolute Gasteiger partial charge is 0.181 e. The molecule has 0 fully saturated rings. The van der Waals surface area contributed by atoms with Crippen LogP contribution in [0.2, 0.25) is 0 Å². The normalized spacial score (nSPS) is 12.2. The quantitative estimate of drug-likeness (QED) is 0.0716. The van der Waals surface area contributed by atoms with E-state index in [1.54, 1.807) is 0 Å². The van der Waals surface area contributed by atoms with Crippen molar-refractivity contribution in [2.75, 3.05) is 11.5 Å². The summed E-state index contributed by atoms with van der Waals surface area (Å²) >= 11 is 4.41. The molecule has 7 rings (SSSR count). The van der Waals surface area contributed by atoms with Crippen LogP contribution in [-0.2, 0) is 19.7 Å². The zero-order chi connectivity index (χ0) is 39.8. The topological polar surface area (TPSA) is 68.3 Å². The number of unbranched alkanes of at least 4 members (excludes halogenated alkanes) is 10. The zero-order valence-electron chi connectivity index (χ0n) is 33.0. The molecule has 57 heavy (non-hydrogen) atoms. The lowest BCUT2D eigenvalue weighted by Crippen LogP contribution is -2.15. The largest absolute Gasteiger partial charge is 0.224 e. The highest BCUT2D eigenvalue weighted by Gasteiger charge is 2.37. The van der Waals surface area contributed by atoms with E-state index < -0.39 is 19.7 Å². The first-order chi connectivity index (χ1) is 27.7. The molecule has 0 saturated heterocycles. The summed E-state index contributed by atoms with van der Waals surface area (Å²) in [5.74, 6) is -0.149. The van der Waals surface area contributed by atoms with Crippen LogP contribution in [0.25, 0.3) is 61.9 Å². The molecule has 298 valence electrons. The predicted molar refractivity (Wildman–Crippen MR) is 248 cm³/mol. The SMILES string of the molecule is CCCCCCCCS(=O)(=O)c1c(-c2ccc(-c3cccc4ccccc34)s2)sc(-c2ccc(-c3cccc4ccccc34)s2)c1S(=O)(=O)CCCCCCCC. The Morgan fingerprint density at radius 3 is 1.19 bits per heavy atom. The molecule has 0 N–H and O–H groups in total. The fourth-order valence-corrected chi connectivity index (χ4v) is 16.3. The van der Waals surface area contributed by atoms with Crippen LogP contribution < -0.4 is 0 Å². The lowest BCUT2D eigenvalue weighted by molar-refractivity contribution is 0.573. The van der Waals surface area contributed by atoms with Gasteiger partial charge in [-0.25, -0.2) is 16.8 Å². The highest BCUT2D eigenvalue weighted by atomic mass is 32.2. The van der Waals surface area contributed by atoms with Crippen molar-refractivity contribution >= 4 is 75.2 Å². The number of fused-ring (bicyclic) bond motifs is 2. The van der Waals surface area contributed by atoms with Gasteiger partial charge in [0.05, 0.1) is 21.3 Å². The van der Waals surface area contributed by atoms with E-state index in [-0.39, 0.29) is 21.3 Å². The fourth-order valence-electron chi connectivity index (χ4n) is 7.73. The van der Waals surface area contributed by atoms with Crippen LogP contribution in [-0.4, -0.2) is 28.3 Å². The maximum absolute atomic E-state index is 14.9. The minimum Gasteiger partial charge on any atom is -0.224 e. The van der Waals surface area contributed by atoms with Crippen LogP contribution in [0.15, 0.2) is 119 Å². The Kier molecular flexibility index (Phi) is 13.8. The molecule has 9 heteroatoms. The van der Waals surface area contributed by atoms with Gasteiger partial charge in [0, 0.05) is 19.5 Å².